The highest BCUT2D eigenvalue weighted by atomic mass is 16.5. The molecular weight excluding hydrogens is 310 g/mol. The zero-order valence-electron chi connectivity index (χ0n) is 14.9. The maximum Gasteiger partial charge on any atom is 0.263 e. The lowest BCUT2D eigenvalue weighted by molar-refractivity contribution is -0.137. The first-order valence-corrected chi connectivity index (χ1v) is 8.49. The van der Waals surface area contributed by atoms with Crippen LogP contribution in [0.25, 0.3) is 10.8 Å². The van der Waals surface area contributed by atoms with E-state index in [1.54, 1.807) is 11.8 Å². The van der Waals surface area contributed by atoms with Gasteiger partial charge in [0.2, 0.25) is 0 Å². The van der Waals surface area contributed by atoms with Gasteiger partial charge in [-0.25, -0.2) is 0 Å². The maximum absolute atomic E-state index is 12.6. The number of likely N-dealkylation sites (N-methyl/N-ethyl adjacent to an activating group) is 1. The SMILES string of the molecule is Cc1ccc(CN(C)C(=O)[C@H](C)Oc2ccc3ccccc3c2)cc1. The number of ether oxygens (including phenoxy) is 1. The lowest BCUT2D eigenvalue weighted by Crippen LogP contribution is -2.37. The Morgan fingerprint density at radius 3 is 2.40 bits per heavy atom. The summed E-state index contributed by atoms with van der Waals surface area (Å²) in [6.07, 6.45) is -0.531. The van der Waals surface area contributed by atoms with Crippen LogP contribution in [0.15, 0.2) is 66.7 Å². The maximum atomic E-state index is 12.6. The van der Waals surface area contributed by atoms with Crippen molar-refractivity contribution in [3.8, 4) is 5.75 Å². The lowest BCUT2D eigenvalue weighted by Gasteiger charge is -2.22. The zero-order valence-corrected chi connectivity index (χ0v) is 14.9. The summed E-state index contributed by atoms with van der Waals surface area (Å²) in [5, 5.41) is 2.26. The smallest absolute Gasteiger partial charge is 0.263 e. The second-order valence-electron chi connectivity index (χ2n) is 6.45. The fraction of sp³-hybridized carbons (Fsp3) is 0.227. The number of amides is 1. The largest absolute Gasteiger partial charge is 0.481 e. The summed E-state index contributed by atoms with van der Waals surface area (Å²) in [5.74, 6) is 0.678. The molecule has 0 N–H and O–H groups in total. The molecule has 0 aromatic heterocycles. The predicted molar refractivity (Wildman–Crippen MR) is 102 cm³/mol. The molecule has 0 heterocycles. The van der Waals surface area contributed by atoms with Crippen LogP contribution in [0, 0.1) is 6.92 Å². The molecular formula is C22H23NO2. The number of hydrogen-bond acceptors (Lipinski definition) is 2. The number of aryl methyl sites for hydroxylation is 1. The van der Waals surface area contributed by atoms with Gasteiger partial charge in [0.1, 0.15) is 5.75 Å². The molecule has 0 spiro atoms. The van der Waals surface area contributed by atoms with Gasteiger partial charge in [-0.05, 0) is 42.3 Å². The number of hydrogen-bond donors (Lipinski definition) is 0. The quantitative estimate of drug-likeness (QED) is 0.684. The van der Waals surface area contributed by atoms with E-state index in [4.69, 9.17) is 4.74 Å². The molecule has 0 radical (unpaired) electrons. The van der Waals surface area contributed by atoms with Crippen LogP contribution in [0.1, 0.15) is 18.1 Å². The van der Waals surface area contributed by atoms with Crippen molar-refractivity contribution in [3.63, 3.8) is 0 Å². The van der Waals surface area contributed by atoms with Crippen molar-refractivity contribution in [2.45, 2.75) is 26.5 Å². The minimum absolute atomic E-state index is 0.0336. The summed E-state index contributed by atoms with van der Waals surface area (Å²) < 4.78 is 5.87. The summed E-state index contributed by atoms with van der Waals surface area (Å²) in [6.45, 7) is 4.42. The van der Waals surface area contributed by atoms with E-state index in [2.05, 4.69) is 25.1 Å². The zero-order chi connectivity index (χ0) is 17.8. The van der Waals surface area contributed by atoms with Crippen LogP contribution in [-0.4, -0.2) is 24.0 Å². The molecule has 0 saturated heterocycles. The summed E-state index contributed by atoms with van der Waals surface area (Å²) in [4.78, 5) is 14.3. The number of carbonyl (C=O) groups excluding carboxylic acids is 1. The molecule has 3 rings (SSSR count). The molecule has 25 heavy (non-hydrogen) atoms. The van der Waals surface area contributed by atoms with Crippen LogP contribution in [0.4, 0.5) is 0 Å². The highest BCUT2D eigenvalue weighted by Crippen LogP contribution is 2.21. The summed E-state index contributed by atoms with van der Waals surface area (Å²) >= 11 is 0. The van der Waals surface area contributed by atoms with Crippen molar-refractivity contribution in [2.24, 2.45) is 0 Å². The molecule has 3 aromatic carbocycles. The van der Waals surface area contributed by atoms with Crippen LogP contribution in [0.5, 0.6) is 5.75 Å². The van der Waals surface area contributed by atoms with Gasteiger partial charge in [-0.15, -0.1) is 0 Å². The van der Waals surface area contributed by atoms with Gasteiger partial charge in [-0.1, -0.05) is 60.2 Å². The number of fused-ring (bicyclic) bond motifs is 1. The van der Waals surface area contributed by atoms with E-state index in [9.17, 15) is 4.79 Å². The van der Waals surface area contributed by atoms with E-state index in [0.717, 1.165) is 16.3 Å². The molecule has 0 saturated carbocycles. The highest BCUT2D eigenvalue weighted by Gasteiger charge is 2.19. The first-order valence-electron chi connectivity index (χ1n) is 8.49. The molecule has 0 aliphatic carbocycles. The molecule has 1 atom stereocenters. The van der Waals surface area contributed by atoms with Gasteiger partial charge in [0.25, 0.3) is 5.91 Å². The standard InChI is InChI=1S/C22H23NO2/c1-16-8-10-18(11-9-16)15-23(3)22(24)17(2)25-21-13-12-19-6-4-5-7-20(19)14-21/h4-14,17H,15H2,1-3H3/t17-/m0/s1. The first-order chi connectivity index (χ1) is 12.0. The summed E-state index contributed by atoms with van der Waals surface area (Å²) in [6, 6.07) is 22.2. The van der Waals surface area contributed by atoms with E-state index in [0.29, 0.717) is 12.3 Å². The Morgan fingerprint density at radius 2 is 1.68 bits per heavy atom. The fourth-order valence-corrected chi connectivity index (χ4v) is 2.85. The van der Waals surface area contributed by atoms with Crippen LogP contribution in [0.2, 0.25) is 0 Å². The van der Waals surface area contributed by atoms with Gasteiger partial charge in [0, 0.05) is 13.6 Å². The first kappa shape index (κ1) is 17.0. The molecule has 3 heteroatoms. The van der Waals surface area contributed by atoms with Gasteiger partial charge in [-0.2, -0.15) is 0 Å². The molecule has 0 unspecified atom stereocenters. The molecule has 0 fully saturated rings. The average Bonchev–Trinajstić information content (AvgIpc) is 2.62. The van der Waals surface area contributed by atoms with E-state index in [1.165, 1.54) is 5.56 Å². The Bertz CT molecular complexity index is 871. The van der Waals surface area contributed by atoms with Crippen LogP contribution in [0.3, 0.4) is 0 Å². The molecule has 0 aliphatic heterocycles. The molecule has 1 amide bonds. The van der Waals surface area contributed by atoms with Gasteiger partial charge in [0.05, 0.1) is 0 Å². The molecule has 3 aromatic rings. The minimum Gasteiger partial charge on any atom is -0.481 e. The van der Waals surface area contributed by atoms with Crippen LogP contribution in [-0.2, 0) is 11.3 Å². The lowest BCUT2D eigenvalue weighted by atomic mass is 10.1. The monoisotopic (exact) mass is 333 g/mol. The van der Waals surface area contributed by atoms with Crippen molar-refractivity contribution >= 4 is 16.7 Å². The molecule has 0 bridgehead atoms. The fourth-order valence-electron chi connectivity index (χ4n) is 2.85. The Balaban J connectivity index is 1.65. The number of benzene rings is 3. The van der Waals surface area contributed by atoms with Gasteiger partial charge in [-0.3, -0.25) is 4.79 Å². The van der Waals surface area contributed by atoms with Crippen molar-refractivity contribution in [1.29, 1.82) is 0 Å². The van der Waals surface area contributed by atoms with Crippen LogP contribution < -0.4 is 4.74 Å². The van der Waals surface area contributed by atoms with Gasteiger partial charge < -0.3 is 9.64 Å². The van der Waals surface area contributed by atoms with Crippen molar-refractivity contribution in [3.05, 3.63) is 77.9 Å². The van der Waals surface area contributed by atoms with Crippen molar-refractivity contribution < 1.29 is 9.53 Å². The highest BCUT2D eigenvalue weighted by molar-refractivity contribution is 5.84. The molecule has 128 valence electrons. The third kappa shape index (κ3) is 4.18. The third-order valence-electron chi connectivity index (χ3n) is 4.30. The number of nitrogens with zero attached hydrogens (tertiary/aromatic N) is 1. The van der Waals surface area contributed by atoms with Gasteiger partial charge >= 0.3 is 0 Å². The number of rotatable bonds is 5. The summed E-state index contributed by atoms with van der Waals surface area (Å²) in [5.41, 5.74) is 2.32. The van der Waals surface area contributed by atoms with E-state index in [1.807, 2.05) is 55.6 Å². The Kier molecular flexibility index (Phi) is 5.03. The van der Waals surface area contributed by atoms with Crippen molar-refractivity contribution in [2.75, 3.05) is 7.05 Å². The van der Waals surface area contributed by atoms with Gasteiger partial charge in [0.15, 0.2) is 6.10 Å². The predicted octanol–water partition coefficient (Wildman–Crippen LogP) is 4.57. The average molecular weight is 333 g/mol. The molecule has 0 aliphatic rings. The second-order valence-corrected chi connectivity index (χ2v) is 6.45. The Hall–Kier alpha value is -2.81. The van der Waals surface area contributed by atoms with Crippen molar-refractivity contribution in [1.82, 2.24) is 4.90 Å². The normalized spacial score (nSPS) is 12.0. The summed E-state index contributed by atoms with van der Waals surface area (Å²) in [7, 11) is 1.81. The Morgan fingerprint density at radius 1 is 1.00 bits per heavy atom. The van der Waals surface area contributed by atoms with E-state index < -0.39 is 6.10 Å². The van der Waals surface area contributed by atoms with Crippen LogP contribution >= 0.6 is 0 Å². The van der Waals surface area contributed by atoms with E-state index in [-0.39, 0.29) is 5.91 Å². The topological polar surface area (TPSA) is 29.5 Å². The minimum atomic E-state index is -0.531. The third-order valence-corrected chi connectivity index (χ3v) is 4.30. The molecule has 3 nitrogen and oxygen atoms in total. The van der Waals surface area contributed by atoms with E-state index >= 15 is 0 Å². The Labute approximate surface area is 148 Å². The second kappa shape index (κ2) is 7.39. The number of carbonyl (C=O) groups is 1.